The van der Waals surface area contributed by atoms with Gasteiger partial charge in [-0.25, -0.2) is 9.69 Å². The summed E-state index contributed by atoms with van der Waals surface area (Å²) in [6.45, 7) is 2.10. The maximum Gasteiger partial charge on any atom is 0.417 e. The minimum Gasteiger partial charge on any atom is -0.497 e. The second-order valence-corrected chi connectivity index (χ2v) is 5.77. The van der Waals surface area contributed by atoms with Crippen molar-refractivity contribution in [3.05, 3.63) is 71.3 Å². The number of amides is 2. The first-order valence-electron chi connectivity index (χ1n) is 7.98. The molecule has 128 valence electrons. The molecule has 0 spiro atoms. The largest absolute Gasteiger partial charge is 0.497 e. The summed E-state index contributed by atoms with van der Waals surface area (Å²) < 4.78 is 10.2. The minimum atomic E-state index is -0.616. The molecule has 3 rings (SSSR count). The van der Waals surface area contributed by atoms with Gasteiger partial charge in [0.15, 0.2) is 0 Å². The summed E-state index contributed by atoms with van der Waals surface area (Å²) in [4.78, 5) is 25.7. The molecule has 1 fully saturated rings. The molecule has 0 aliphatic carbocycles. The molecule has 1 unspecified atom stereocenters. The first-order chi connectivity index (χ1) is 12.1. The van der Waals surface area contributed by atoms with Gasteiger partial charge in [0.2, 0.25) is 0 Å². The molecular weight excluding hydrogens is 318 g/mol. The van der Waals surface area contributed by atoms with Crippen LogP contribution in [0.1, 0.15) is 22.7 Å². The molecule has 0 aromatic heterocycles. The number of benzene rings is 2. The van der Waals surface area contributed by atoms with E-state index in [0.29, 0.717) is 0 Å². The van der Waals surface area contributed by atoms with E-state index in [2.05, 4.69) is 0 Å². The van der Waals surface area contributed by atoms with Crippen LogP contribution in [0.2, 0.25) is 0 Å². The van der Waals surface area contributed by atoms with Gasteiger partial charge in [0.1, 0.15) is 18.4 Å². The Kier molecular flexibility index (Phi) is 4.84. The van der Waals surface area contributed by atoms with Crippen LogP contribution in [0.3, 0.4) is 0 Å². The standard InChI is InChI=1S/C20H19NO4/c1-14-12-17(24-2)10-8-15(14)9-11-19(22)21-18(13-25-20(21)23)16-6-4-3-5-7-16/h3-12,18H,13H2,1-2H3. The smallest absolute Gasteiger partial charge is 0.417 e. The van der Waals surface area contributed by atoms with Crippen LogP contribution in [-0.4, -0.2) is 30.6 Å². The Labute approximate surface area is 146 Å². The number of ether oxygens (including phenoxy) is 2. The summed E-state index contributed by atoms with van der Waals surface area (Å²) in [5.74, 6) is 0.361. The monoisotopic (exact) mass is 337 g/mol. The summed E-state index contributed by atoms with van der Waals surface area (Å²) in [6, 6.07) is 14.6. The topological polar surface area (TPSA) is 55.8 Å². The number of hydrogen-bond acceptors (Lipinski definition) is 4. The second-order valence-electron chi connectivity index (χ2n) is 5.77. The van der Waals surface area contributed by atoms with Crippen LogP contribution < -0.4 is 4.74 Å². The van der Waals surface area contributed by atoms with Gasteiger partial charge in [-0.1, -0.05) is 36.4 Å². The van der Waals surface area contributed by atoms with Crippen molar-refractivity contribution in [1.82, 2.24) is 4.90 Å². The molecule has 1 aliphatic heterocycles. The van der Waals surface area contributed by atoms with Crippen molar-refractivity contribution in [3.8, 4) is 5.75 Å². The van der Waals surface area contributed by atoms with Crippen LogP contribution in [-0.2, 0) is 9.53 Å². The van der Waals surface area contributed by atoms with E-state index in [4.69, 9.17) is 9.47 Å². The average molecular weight is 337 g/mol. The lowest BCUT2D eigenvalue weighted by Gasteiger charge is -2.18. The van der Waals surface area contributed by atoms with Crippen molar-refractivity contribution < 1.29 is 19.1 Å². The van der Waals surface area contributed by atoms with Crippen LogP contribution >= 0.6 is 0 Å². The normalized spacial score (nSPS) is 17.0. The molecule has 0 saturated carbocycles. The van der Waals surface area contributed by atoms with Crippen molar-refractivity contribution in [1.29, 1.82) is 0 Å². The van der Waals surface area contributed by atoms with Crippen molar-refractivity contribution in [2.24, 2.45) is 0 Å². The van der Waals surface area contributed by atoms with Crippen LogP contribution in [0.15, 0.2) is 54.6 Å². The van der Waals surface area contributed by atoms with Gasteiger partial charge in [0.25, 0.3) is 5.91 Å². The van der Waals surface area contributed by atoms with E-state index in [1.807, 2.05) is 55.5 Å². The van der Waals surface area contributed by atoms with Gasteiger partial charge in [-0.05, 0) is 41.8 Å². The SMILES string of the molecule is COc1ccc(C=CC(=O)N2C(=O)OCC2c2ccccc2)c(C)c1. The molecule has 2 aromatic rings. The highest BCUT2D eigenvalue weighted by atomic mass is 16.6. The average Bonchev–Trinajstić information content (AvgIpc) is 3.02. The van der Waals surface area contributed by atoms with Crippen LogP contribution in [0, 0.1) is 6.92 Å². The third-order valence-electron chi connectivity index (χ3n) is 4.18. The fourth-order valence-electron chi connectivity index (χ4n) is 2.79. The Balaban J connectivity index is 1.80. The molecule has 5 heteroatoms. The van der Waals surface area contributed by atoms with Gasteiger partial charge < -0.3 is 9.47 Å². The first kappa shape index (κ1) is 16.8. The van der Waals surface area contributed by atoms with E-state index in [1.165, 1.54) is 6.08 Å². The number of cyclic esters (lactones) is 1. The highest BCUT2D eigenvalue weighted by molar-refractivity contribution is 6.02. The number of hydrogen-bond donors (Lipinski definition) is 0. The second kappa shape index (κ2) is 7.21. The number of carbonyl (C=O) groups is 2. The van der Waals surface area contributed by atoms with Gasteiger partial charge in [0, 0.05) is 6.08 Å². The van der Waals surface area contributed by atoms with Gasteiger partial charge in [-0.15, -0.1) is 0 Å². The predicted molar refractivity (Wildman–Crippen MR) is 94.1 cm³/mol. The molecule has 2 amide bonds. The molecule has 1 aliphatic rings. The molecule has 25 heavy (non-hydrogen) atoms. The maximum atomic E-state index is 12.6. The quantitative estimate of drug-likeness (QED) is 0.798. The van der Waals surface area contributed by atoms with Crippen molar-refractivity contribution >= 4 is 18.1 Å². The zero-order valence-corrected chi connectivity index (χ0v) is 14.1. The number of imide groups is 1. The summed E-state index contributed by atoms with van der Waals surface area (Å²) in [7, 11) is 1.61. The van der Waals surface area contributed by atoms with Gasteiger partial charge in [-0.3, -0.25) is 4.79 Å². The Morgan fingerprint density at radius 3 is 2.68 bits per heavy atom. The van der Waals surface area contributed by atoms with E-state index >= 15 is 0 Å². The maximum absolute atomic E-state index is 12.6. The fraction of sp³-hybridized carbons (Fsp3) is 0.200. The zero-order valence-electron chi connectivity index (χ0n) is 14.1. The fourth-order valence-corrected chi connectivity index (χ4v) is 2.79. The third kappa shape index (κ3) is 3.55. The molecule has 0 bridgehead atoms. The van der Waals surface area contributed by atoms with Crippen LogP contribution in [0.4, 0.5) is 4.79 Å². The number of methoxy groups -OCH3 is 1. The molecule has 0 N–H and O–H groups in total. The molecule has 2 aromatic carbocycles. The Morgan fingerprint density at radius 1 is 1.24 bits per heavy atom. The van der Waals surface area contributed by atoms with Crippen molar-refractivity contribution in [3.63, 3.8) is 0 Å². The Bertz CT molecular complexity index is 814. The lowest BCUT2D eigenvalue weighted by atomic mass is 10.1. The lowest BCUT2D eigenvalue weighted by molar-refractivity contribution is -0.124. The minimum absolute atomic E-state index is 0.171. The number of rotatable bonds is 4. The zero-order chi connectivity index (χ0) is 17.8. The first-order valence-corrected chi connectivity index (χ1v) is 7.98. The molecule has 1 heterocycles. The van der Waals surface area contributed by atoms with E-state index in [1.54, 1.807) is 13.2 Å². The molecule has 0 radical (unpaired) electrons. The van der Waals surface area contributed by atoms with Gasteiger partial charge in [0.05, 0.1) is 7.11 Å². The molecule has 1 atom stereocenters. The Hall–Kier alpha value is -3.08. The van der Waals surface area contributed by atoms with Crippen LogP contribution in [0.25, 0.3) is 6.08 Å². The summed E-state index contributed by atoms with van der Waals surface area (Å²) in [6.07, 6.45) is 2.48. The Morgan fingerprint density at radius 2 is 2.00 bits per heavy atom. The highest BCUT2D eigenvalue weighted by Crippen LogP contribution is 2.28. The summed E-state index contributed by atoms with van der Waals surface area (Å²) in [5.41, 5.74) is 2.74. The molecule has 1 saturated heterocycles. The predicted octanol–water partition coefficient (Wildman–Crippen LogP) is 3.74. The van der Waals surface area contributed by atoms with Crippen molar-refractivity contribution in [2.75, 3.05) is 13.7 Å². The highest BCUT2D eigenvalue weighted by Gasteiger charge is 2.37. The number of carbonyl (C=O) groups excluding carboxylic acids is 2. The van der Waals surface area contributed by atoms with Crippen LogP contribution in [0.5, 0.6) is 5.75 Å². The van der Waals surface area contributed by atoms with E-state index < -0.39 is 18.0 Å². The third-order valence-corrected chi connectivity index (χ3v) is 4.18. The van der Waals surface area contributed by atoms with Gasteiger partial charge >= 0.3 is 6.09 Å². The number of nitrogens with zero attached hydrogens (tertiary/aromatic N) is 1. The van der Waals surface area contributed by atoms with E-state index in [0.717, 1.165) is 27.3 Å². The summed E-state index contributed by atoms with van der Waals surface area (Å²) in [5, 5.41) is 0. The van der Waals surface area contributed by atoms with E-state index in [9.17, 15) is 9.59 Å². The lowest BCUT2D eigenvalue weighted by Crippen LogP contribution is -2.32. The van der Waals surface area contributed by atoms with Gasteiger partial charge in [-0.2, -0.15) is 0 Å². The number of aryl methyl sites for hydroxylation is 1. The molecule has 5 nitrogen and oxygen atoms in total. The molecular formula is C20H19NO4. The summed E-state index contributed by atoms with van der Waals surface area (Å²) >= 11 is 0. The van der Waals surface area contributed by atoms with E-state index in [-0.39, 0.29) is 6.61 Å². The van der Waals surface area contributed by atoms with Crippen molar-refractivity contribution in [2.45, 2.75) is 13.0 Å².